The molecule has 5 rings (SSSR count). The van der Waals surface area contributed by atoms with E-state index in [4.69, 9.17) is 0 Å². The van der Waals surface area contributed by atoms with Crippen molar-refractivity contribution in [3.05, 3.63) is 66.0 Å². The van der Waals surface area contributed by atoms with Gasteiger partial charge in [-0.1, -0.05) is 30.3 Å². The topological polar surface area (TPSA) is 69.3 Å². The molecule has 3 heterocycles. The Balaban J connectivity index is 1.41. The quantitative estimate of drug-likeness (QED) is 0.750. The monoisotopic (exact) mass is 374 g/mol. The summed E-state index contributed by atoms with van der Waals surface area (Å²) < 4.78 is 0. The van der Waals surface area contributed by atoms with Crippen LogP contribution >= 0.6 is 0 Å². The smallest absolute Gasteiger partial charge is 0.253 e. The van der Waals surface area contributed by atoms with Crippen molar-refractivity contribution in [2.45, 2.75) is 13.0 Å². The van der Waals surface area contributed by atoms with Crippen molar-refractivity contribution < 1.29 is 9.59 Å². The van der Waals surface area contributed by atoms with E-state index in [1.807, 2.05) is 46.2 Å². The zero-order valence-corrected chi connectivity index (χ0v) is 15.7. The van der Waals surface area contributed by atoms with Gasteiger partial charge in [-0.3, -0.25) is 9.59 Å². The Labute approximate surface area is 163 Å². The minimum absolute atomic E-state index is 0.0385. The van der Waals surface area contributed by atoms with E-state index in [2.05, 4.69) is 22.1 Å². The van der Waals surface area contributed by atoms with Gasteiger partial charge in [0.05, 0.1) is 23.4 Å². The SMILES string of the molecule is CC(=O)N1C[C@H]2CN(C(=O)c3ccc4nc[nH]c4c3)C[C@H]2[C@@H]1c1ccccc1. The highest BCUT2D eigenvalue weighted by molar-refractivity contribution is 5.97. The van der Waals surface area contributed by atoms with Gasteiger partial charge in [0.15, 0.2) is 0 Å². The van der Waals surface area contributed by atoms with Crippen LogP contribution in [0.2, 0.25) is 0 Å². The first-order chi connectivity index (χ1) is 13.6. The molecule has 2 aromatic carbocycles. The van der Waals surface area contributed by atoms with Crippen molar-refractivity contribution in [1.29, 1.82) is 0 Å². The number of imidazole rings is 1. The van der Waals surface area contributed by atoms with Gasteiger partial charge in [0.2, 0.25) is 5.91 Å². The number of aromatic nitrogens is 2. The molecular formula is C22H22N4O2. The summed E-state index contributed by atoms with van der Waals surface area (Å²) in [6, 6.07) is 15.8. The lowest BCUT2D eigenvalue weighted by molar-refractivity contribution is -0.130. The normalized spacial score (nSPS) is 24.0. The molecule has 6 heteroatoms. The lowest BCUT2D eigenvalue weighted by Crippen LogP contribution is -2.36. The van der Waals surface area contributed by atoms with Crippen LogP contribution in [-0.2, 0) is 4.79 Å². The summed E-state index contributed by atoms with van der Waals surface area (Å²) in [4.78, 5) is 36.5. The third-order valence-electron chi connectivity index (χ3n) is 6.16. The average Bonchev–Trinajstić information content (AvgIpc) is 3.41. The number of hydrogen-bond acceptors (Lipinski definition) is 3. The van der Waals surface area contributed by atoms with Gasteiger partial charge in [-0.25, -0.2) is 4.98 Å². The van der Waals surface area contributed by atoms with E-state index in [0.29, 0.717) is 31.1 Å². The number of fused-ring (bicyclic) bond motifs is 2. The van der Waals surface area contributed by atoms with Gasteiger partial charge in [0.1, 0.15) is 0 Å². The van der Waals surface area contributed by atoms with Crippen LogP contribution in [0, 0.1) is 11.8 Å². The number of nitrogens with one attached hydrogen (secondary N) is 1. The second-order valence-corrected chi connectivity index (χ2v) is 7.80. The van der Waals surface area contributed by atoms with Crippen LogP contribution in [0.15, 0.2) is 54.9 Å². The maximum Gasteiger partial charge on any atom is 0.253 e. The molecule has 2 fully saturated rings. The van der Waals surface area contributed by atoms with Gasteiger partial charge in [0, 0.05) is 44.0 Å². The van der Waals surface area contributed by atoms with E-state index in [0.717, 1.165) is 16.6 Å². The number of rotatable bonds is 2. The van der Waals surface area contributed by atoms with Crippen molar-refractivity contribution >= 4 is 22.8 Å². The van der Waals surface area contributed by atoms with Crippen molar-refractivity contribution in [1.82, 2.24) is 19.8 Å². The number of aromatic amines is 1. The molecular weight excluding hydrogens is 352 g/mol. The van der Waals surface area contributed by atoms with Gasteiger partial charge >= 0.3 is 0 Å². The number of carbonyl (C=O) groups excluding carboxylic acids is 2. The number of carbonyl (C=O) groups is 2. The predicted octanol–water partition coefficient (Wildman–Crippen LogP) is 2.85. The van der Waals surface area contributed by atoms with Crippen molar-refractivity contribution in [3.63, 3.8) is 0 Å². The fraction of sp³-hybridized carbons (Fsp3) is 0.318. The molecule has 6 nitrogen and oxygen atoms in total. The van der Waals surface area contributed by atoms with Gasteiger partial charge in [0.25, 0.3) is 5.91 Å². The van der Waals surface area contributed by atoms with Gasteiger partial charge in [-0.15, -0.1) is 0 Å². The summed E-state index contributed by atoms with van der Waals surface area (Å²) >= 11 is 0. The van der Waals surface area contributed by atoms with Crippen LogP contribution in [-0.4, -0.2) is 51.2 Å². The highest BCUT2D eigenvalue weighted by atomic mass is 16.2. The van der Waals surface area contributed by atoms with Crippen LogP contribution in [0.3, 0.4) is 0 Å². The van der Waals surface area contributed by atoms with Crippen LogP contribution in [0.1, 0.15) is 28.9 Å². The van der Waals surface area contributed by atoms with Crippen molar-refractivity contribution in [2.75, 3.05) is 19.6 Å². The van der Waals surface area contributed by atoms with Gasteiger partial charge in [-0.2, -0.15) is 0 Å². The summed E-state index contributed by atoms with van der Waals surface area (Å²) in [6.45, 7) is 3.72. The van der Waals surface area contributed by atoms with E-state index in [1.165, 1.54) is 0 Å². The minimum atomic E-state index is 0.0385. The average molecular weight is 374 g/mol. The fourth-order valence-electron chi connectivity index (χ4n) is 4.86. The first-order valence-corrected chi connectivity index (χ1v) is 9.66. The number of hydrogen-bond donors (Lipinski definition) is 1. The molecule has 1 aromatic heterocycles. The number of likely N-dealkylation sites (tertiary alicyclic amines) is 2. The molecule has 0 saturated carbocycles. The molecule has 2 amide bonds. The summed E-state index contributed by atoms with van der Waals surface area (Å²) in [5, 5.41) is 0. The maximum atomic E-state index is 13.1. The lowest BCUT2D eigenvalue weighted by atomic mass is 9.89. The zero-order chi connectivity index (χ0) is 19.3. The second-order valence-electron chi connectivity index (χ2n) is 7.80. The number of H-pyrrole nitrogens is 1. The third kappa shape index (κ3) is 2.68. The van der Waals surface area contributed by atoms with Crippen molar-refractivity contribution in [2.24, 2.45) is 11.8 Å². The molecule has 0 bridgehead atoms. The second kappa shape index (κ2) is 6.48. The number of amides is 2. The number of benzene rings is 2. The van der Waals surface area contributed by atoms with Crippen molar-refractivity contribution in [3.8, 4) is 0 Å². The molecule has 0 radical (unpaired) electrons. The van der Waals surface area contributed by atoms with E-state index in [1.54, 1.807) is 13.3 Å². The third-order valence-corrected chi connectivity index (χ3v) is 6.16. The summed E-state index contributed by atoms with van der Waals surface area (Å²) in [7, 11) is 0. The Bertz CT molecular complexity index is 1040. The standard InChI is InChI=1S/C22H22N4O2/c1-14(27)26-11-17-10-25(12-18(17)21(26)15-5-3-2-4-6-15)22(28)16-7-8-19-20(9-16)24-13-23-19/h2-9,13,17-18,21H,10-12H2,1H3,(H,23,24)/t17-,18-,21+/m1/s1. The Morgan fingerprint density at radius 2 is 1.89 bits per heavy atom. The summed E-state index contributed by atoms with van der Waals surface area (Å²) in [5.41, 5.74) is 3.56. The Hall–Kier alpha value is -3.15. The predicted molar refractivity (Wildman–Crippen MR) is 106 cm³/mol. The van der Waals surface area contributed by atoms with Crippen LogP contribution in [0.5, 0.6) is 0 Å². The summed E-state index contributed by atoms with van der Waals surface area (Å²) in [5.74, 6) is 0.734. The molecule has 0 aliphatic carbocycles. The van der Waals surface area contributed by atoms with Gasteiger partial charge < -0.3 is 14.8 Å². The van der Waals surface area contributed by atoms with E-state index in [9.17, 15) is 9.59 Å². The van der Waals surface area contributed by atoms with Crippen LogP contribution in [0.25, 0.3) is 11.0 Å². The zero-order valence-electron chi connectivity index (χ0n) is 15.7. The first-order valence-electron chi connectivity index (χ1n) is 9.66. The Morgan fingerprint density at radius 1 is 1.07 bits per heavy atom. The van der Waals surface area contributed by atoms with Gasteiger partial charge in [-0.05, 0) is 23.8 Å². The molecule has 2 aliphatic heterocycles. The molecule has 3 atom stereocenters. The molecule has 142 valence electrons. The molecule has 2 saturated heterocycles. The summed E-state index contributed by atoms with van der Waals surface area (Å²) in [6.07, 6.45) is 1.64. The highest BCUT2D eigenvalue weighted by Gasteiger charge is 2.49. The molecule has 3 aromatic rings. The van der Waals surface area contributed by atoms with E-state index < -0.39 is 0 Å². The molecule has 1 N–H and O–H groups in total. The Kier molecular flexibility index (Phi) is 3.93. The lowest BCUT2D eigenvalue weighted by Gasteiger charge is -2.29. The molecule has 0 spiro atoms. The van der Waals surface area contributed by atoms with Crippen LogP contribution < -0.4 is 0 Å². The van der Waals surface area contributed by atoms with Crippen LogP contribution in [0.4, 0.5) is 0 Å². The highest BCUT2D eigenvalue weighted by Crippen LogP contribution is 2.45. The van der Waals surface area contributed by atoms with E-state index >= 15 is 0 Å². The first kappa shape index (κ1) is 17.0. The molecule has 28 heavy (non-hydrogen) atoms. The minimum Gasteiger partial charge on any atom is -0.345 e. The molecule has 0 unspecified atom stereocenters. The molecule has 2 aliphatic rings. The van der Waals surface area contributed by atoms with E-state index in [-0.39, 0.29) is 23.8 Å². The number of nitrogens with zero attached hydrogens (tertiary/aromatic N) is 3. The fourth-order valence-corrected chi connectivity index (χ4v) is 4.86. The maximum absolute atomic E-state index is 13.1. The Morgan fingerprint density at radius 3 is 2.68 bits per heavy atom. The largest absolute Gasteiger partial charge is 0.345 e.